The standard InChI is InChI=1S/C23H22FN7O2/c1-29-11-17-21(19(9-25)30(2)28-17)13-7-18(22(26)27-10-13)31-5-6-33-12-20(31)16-8-14(24)3-4-15(16)23(29)32/h3-4,7-8,10,20H,5-6,11-12H2,1-2H3,(H2,26,27)/t20-/m1/s1. The van der Waals surface area contributed by atoms with Crippen LogP contribution >= 0.6 is 0 Å². The fraction of sp³-hybridized carbons (Fsp3) is 0.304. The van der Waals surface area contributed by atoms with Gasteiger partial charge < -0.3 is 20.3 Å². The summed E-state index contributed by atoms with van der Waals surface area (Å²) >= 11 is 0. The minimum Gasteiger partial charge on any atom is -0.382 e. The number of fused-ring (bicyclic) bond motifs is 8. The van der Waals surface area contributed by atoms with Crippen molar-refractivity contribution in [1.82, 2.24) is 19.7 Å². The molecule has 4 heterocycles. The van der Waals surface area contributed by atoms with Crippen molar-refractivity contribution in [3.63, 3.8) is 0 Å². The maximum absolute atomic E-state index is 14.4. The van der Waals surface area contributed by atoms with Gasteiger partial charge in [-0.2, -0.15) is 10.4 Å². The van der Waals surface area contributed by atoms with Crippen LogP contribution in [0.3, 0.4) is 0 Å². The number of carbonyl (C=O) groups excluding carboxylic acids is 1. The highest BCUT2D eigenvalue weighted by molar-refractivity contribution is 5.96. The normalized spacial score (nSPS) is 17.9. The van der Waals surface area contributed by atoms with Crippen LogP contribution in [-0.4, -0.2) is 52.4 Å². The highest BCUT2D eigenvalue weighted by Crippen LogP contribution is 2.39. The Morgan fingerprint density at radius 2 is 2.12 bits per heavy atom. The van der Waals surface area contributed by atoms with Crippen molar-refractivity contribution < 1.29 is 13.9 Å². The van der Waals surface area contributed by atoms with Crippen molar-refractivity contribution in [3.8, 4) is 17.2 Å². The van der Waals surface area contributed by atoms with Crippen molar-refractivity contribution in [1.29, 1.82) is 5.26 Å². The lowest BCUT2D eigenvalue weighted by molar-refractivity contribution is 0.0772. The number of benzene rings is 1. The van der Waals surface area contributed by atoms with Gasteiger partial charge in [0.15, 0.2) is 0 Å². The van der Waals surface area contributed by atoms with Gasteiger partial charge in [0, 0.05) is 43.5 Å². The zero-order valence-electron chi connectivity index (χ0n) is 18.2. The van der Waals surface area contributed by atoms with E-state index in [0.29, 0.717) is 58.3 Å². The summed E-state index contributed by atoms with van der Waals surface area (Å²) in [6.07, 6.45) is 1.61. The van der Waals surface area contributed by atoms with E-state index in [9.17, 15) is 14.4 Å². The Morgan fingerprint density at radius 1 is 1.30 bits per heavy atom. The second-order valence-electron chi connectivity index (χ2n) is 8.21. The van der Waals surface area contributed by atoms with E-state index in [0.717, 1.165) is 0 Å². The molecule has 0 aliphatic carbocycles. The number of rotatable bonds is 0. The quantitative estimate of drug-likeness (QED) is 0.562. The molecule has 2 N–H and O–H groups in total. The average Bonchev–Trinajstić information content (AvgIpc) is 3.12. The lowest BCUT2D eigenvalue weighted by Gasteiger charge is -2.39. The molecule has 10 heteroatoms. The van der Waals surface area contributed by atoms with Crippen LogP contribution in [0, 0.1) is 17.1 Å². The smallest absolute Gasteiger partial charge is 0.254 e. The molecule has 1 amide bonds. The number of pyridine rings is 1. The number of halogens is 1. The number of amides is 1. The zero-order valence-corrected chi connectivity index (χ0v) is 18.2. The van der Waals surface area contributed by atoms with Gasteiger partial charge in [-0.25, -0.2) is 9.37 Å². The van der Waals surface area contributed by atoms with Crippen molar-refractivity contribution in [2.24, 2.45) is 7.05 Å². The number of nitrogens with two attached hydrogens (primary N) is 1. The van der Waals surface area contributed by atoms with Crippen LogP contribution in [0.15, 0.2) is 30.5 Å². The molecule has 3 aromatic rings. The summed E-state index contributed by atoms with van der Waals surface area (Å²) in [5.41, 5.74) is 10.0. The molecule has 2 aliphatic rings. The Labute approximate surface area is 189 Å². The van der Waals surface area contributed by atoms with Crippen molar-refractivity contribution in [3.05, 3.63) is 58.8 Å². The van der Waals surface area contributed by atoms with Crippen molar-refractivity contribution >= 4 is 17.4 Å². The summed E-state index contributed by atoms with van der Waals surface area (Å²) in [5.74, 6) is -0.415. The van der Waals surface area contributed by atoms with Gasteiger partial charge in [-0.05, 0) is 29.8 Å². The molecule has 2 bridgehead atoms. The predicted octanol–water partition coefficient (Wildman–Crippen LogP) is 2.24. The molecule has 0 saturated carbocycles. The first kappa shape index (κ1) is 20.9. The molecule has 0 radical (unpaired) electrons. The molecule has 1 aromatic carbocycles. The van der Waals surface area contributed by atoms with Crippen molar-refractivity contribution in [2.75, 3.05) is 37.4 Å². The summed E-state index contributed by atoms with van der Waals surface area (Å²) in [6.45, 7) is 1.34. The van der Waals surface area contributed by atoms with Crippen molar-refractivity contribution in [2.45, 2.75) is 12.6 Å². The highest BCUT2D eigenvalue weighted by Gasteiger charge is 2.33. The number of aryl methyl sites for hydroxylation is 1. The van der Waals surface area contributed by atoms with E-state index >= 15 is 0 Å². The van der Waals surface area contributed by atoms with Crippen LogP contribution in [0.2, 0.25) is 0 Å². The average molecular weight is 447 g/mol. The first-order chi connectivity index (χ1) is 15.9. The number of aromatic nitrogens is 3. The lowest BCUT2D eigenvalue weighted by Crippen LogP contribution is -2.41. The molecule has 0 unspecified atom stereocenters. The molecule has 1 saturated heterocycles. The molecule has 2 aromatic heterocycles. The molecule has 1 atom stereocenters. The van der Waals surface area contributed by atoms with E-state index in [-0.39, 0.29) is 19.1 Å². The molecular formula is C23H22FN7O2. The molecule has 5 rings (SSSR count). The Balaban J connectivity index is 1.81. The zero-order chi connectivity index (χ0) is 23.3. The third-order valence-electron chi connectivity index (χ3n) is 6.19. The second-order valence-corrected chi connectivity index (χ2v) is 8.21. The largest absolute Gasteiger partial charge is 0.382 e. The lowest BCUT2D eigenvalue weighted by atomic mass is 9.95. The third kappa shape index (κ3) is 3.37. The Hall–Kier alpha value is -3.97. The van der Waals surface area contributed by atoms with Gasteiger partial charge in [0.05, 0.1) is 37.2 Å². The minimum absolute atomic E-state index is 0.158. The van der Waals surface area contributed by atoms with E-state index in [4.69, 9.17) is 10.5 Å². The van der Waals surface area contributed by atoms with Gasteiger partial charge in [-0.1, -0.05) is 0 Å². The molecule has 168 valence electrons. The second kappa shape index (κ2) is 7.86. The number of nitrogen functional groups attached to an aromatic ring is 1. The fourth-order valence-corrected chi connectivity index (χ4v) is 4.61. The summed E-state index contributed by atoms with van der Waals surface area (Å²) in [4.78, 5) is 21.4. The summed E-state index contributed by atoms with van der Waals surface area (Å²) in [7, 11) is 3.35. The van der Waals surface area contributed by atoms with Crippen LogP contribution in [-0.2, 0) is 18.3 Å². The van der Waals surface area contributed by atoms with Crippen LogP contribution < -0.4 is 10.6 Å². The molecule has 2 aliphatic heterocycles. The van der Waals surface area contributed by atoms with Crippen LogP contribution in [0.5, 0.6) is 0 Å². The van der Waals surface area contributed by atoms with Crippen LogP contribution in [0.25, 0.3) is 11.1 Å². The van der Waals surface area contributed by atoms with Gasteiger partial charge in [-0.3, -0.25) is 9.48 Å². The Morgan fingerprint density at radius 3 is 2.91 bits per heavy atom. The maximum atomic E-state index is 14.4. The number of nitrogens with zero attached hydrogens (tertiary/aromatic N) is 6. The molecule has 9 nitrogen and oxygen atoms in total. The first-order valence-corrected chi connectivity index (χ1v) is 10.5. The number of anilines is 2. The number of hydrogen-bond acceptors (Lipinski definition) is 7. The van der Waals surface area contributed by atoms with Gasteiger partial charge in [0.2, 0.25) is 0 Å². The number of nitriles is 1. The topological polar surface area (TPSA) is 113 Å². The Kier molecular flexibility index (Phi) is 4.98. The third-order valence-corrected chi connectivity index (χ3v) is 6.19. The van der Waals surface area contributed by atoms with Gasteiger partial charge in [0.1, 0.15) is 23.4 Å². The summed E-state index contributed by atoms with van der Waals surface area (Å²) < 4.78 is 21.6. The first-order valence-electron chi connectivity index (χ1n) is 10.5. The molecule has 0 spiro atoms. The number of morpholine rings is 1. The predicted molar refractivity (Wildman–Crippen MR) is 119 cm³/mol. The molecular weight excluding hydrogens is 425 g/mol. The summed E-state index contributed by atoms with van der Waals surface area (Å²) in [5, 5.41) is 14.3. The van der Waals surface area contributed by atoms with Gasteiger partial charge >= 0.3 is 0 Å². The number of ether oxygens (including phenoxy) is 1. The number of hydrogen-bond donors (Lipinski definition) is 1. The SMILES string of the molecule is CN1Cc2nn(C)c(C#N)c2-c2cnc(N)c(c2)N2CCOC[C@@H]2c2cc(F)ccc2C1=O. The fourth-order valence-electron chi connectivity index (χ4n) is 4.61. The minimum atomic E-state index is -0.440. The van der Waals surface area contributed by atoms with E-state index in [1.807, 2.05) is 11.0 Å². The van der Waals surface area contributed by atoms with Gasteiger partial charge in [0.25, 0.3) is 5.91 Å². The van der Waals surface area contributed by atoms with E-state index in [2.05, 4.69) is 16.2 Å². The monoisotopic (exact) mass is 447 g/mol. The van der Waals surface area contributed by atoms with E-state index in [1.165, 1.54) is 27.8 Å². The van der Waals surface area contributed by atoms with E-state index < -0.39 is 11.9 Å². The van der Waals surface area contributed by atoms with Crippen LogP contribution in [0.1, 0.15) is 33.4 Å². The Bertz CT molecular complexity index is 1310. The van der Waals surface area contributed by atoms with E-state index in [1.54, 1.807) is 20.3 Å². The number of carbonyl (C=O) groups is 1. The molecule has 1 fully saturated rings. The molecule has 33 heavy (non-hydrogen) atoms. The summed E-state index contributed by atoms with van der Waals surface area (Å²) in [6, 6.07) is 7.81. The maximum Gasteiger partial charge on any atom is 0.254 e. The van der Waals surface area contributed by atoms with Gasteiger partial charge in [-0.15, -0.1) is 0 Å². The van der Waals surface area contributed by atoms with Crippen LogP contribution in [0.4, 0.5) is 15.9 Å². The highest BCUT2D eigenvalue weighted by atomic mass is 19.1.